The Balaban J connectivity index is 2.83. The summed E-state index contributed by atoms with van der Waals surface area (Å²) in [5.41, 5.74) is 1.10. The largest absolute Gasteiger partial charge is 0.373 e. The number of nitrogens with zero attached hydrogens (tertiary/aromatic N) is 2. The highest BCUT2D eigenvalue weighted by Crippen LogP contribution is 2.20. The zero-order valence-electron chi connectivity index (χ0n) is 12.3. The molecule has 1 aromatic heterocycles. The molecule has 18 heavy (non-hydrogen) atoms. The van der Waals surface area contributed by atoms with Gasteiger partial charge in [-0.25, -0.2) is 9.97 Å². The molecule has 0 aliphatic carbocycles. The van der Waals surface area contributed by atoms with E-state index in [1.54, 1.807) is 0 Å². The number of hydrogen-bond acceptors (Lipinski definition) is 4. The van der Waals surface area contributed by atoms with Gasteiger partial charge in [-0.05, 0) is 25.7 Å². The van der Waals surface area contributed by atoms with Gasteiger partial charge < -0.3 is 10.6 Å². The van der Waals surface area contributed by atoms with Gasteiger partial charge in [-0.15, -0.1) is 0 Å². The van der Waals surface area contributed by atoms with E-state index < -0.39 is 0 Å². The molecule has 0 saturated carbocycles. The molecular weight excluding hydrogens is 224 g/mol. The molecule has 4 nitrogen and oxygen atoms in total. The van der Waals surface area contributed by atoms with Crippen molar-refractivity contribution in [3.05, 3.63) is 11.4 Å². The smallest absolute Gasteiger partial charge is 0.134 e. The first-order chi connectivity index (χ1) is 8.58. The van der Waals surface area contributed by atoms with Crippen molar-refractivity contribution in [3.8, 4) is 0 Å². The molecule has 4 heteroatoms. The molecule has 0 saturated heterocycles. The van der Waals surface area contributed by atoms with Crippen molar-refractivity contribution in [1.82, 2.24) is 9.97 Å². The summed E-state index contributed by atoms with van der Waals surface area (Å²) in [6.45, 7) is 9.63. The predicted octanol–water partition coefficient (Wildman–Crippen LogP) is 3.24. The topological polar surface area (TPSA) is 49.8 Å². The maximum atomic E-state index is 4.61. The molecule has 2 N–H and O–H groups in total. The lowest BCUT2D eigenvalue weighted by atomic mass is 10.1. The Hall–Kier alpha value is -1.32. The first kappa shape index (κ1) is 14.7. The first-order valence-corrected chi connectivity index (χ1v) is 6.87. The zero-order chi connectivity index (χ0) is 13.5. The van der Waals surface area contributed by atoms with E-state index in [-0.39, 0.29) is 0 Å². The van der Waals surface area contributed by atoms with Crippen LogP contribution in [0.2, 0.25) is 0 Å². The van der Waals surface area contributed by atoms with Crippen molar-refractivity contribution in [2.75, 3.05) is 24.2 Å². The lowest BCUT2D eigenvalue weighted by Crippen LogP contribution is -2.11. The summed E-state index contributed by atoms with van der Waals surface area (Å²) in [7, 11) is 1.91. The van der Waals surface area contributed by atoms with Crippen LogP contribution in [0, 0.1) is 12.8 Å². The van der Waals surface area contributed by atoms with Crippen LogP contribution >= 0.6 is 0 Å². The van der Waals surface area contributed by atoms with Gasteiger partial charge in [0.15, 0.2) is 0 Å². The van der Waals surface area contributed by atoms with Gasteiger partial charge in [0, 0.05) is 25.6 Å². The summed E-state index contributed by atoms with van der Waals surface area (Å²) in [6.07, 6.45) is 3.15. The van der Waals surface area contributed by atoms with Crippen LogP contribution in [0.15, 0.2) is 0 Å². The molecule has 0 aromatic carbocycles. The van der Waals surface area contributed by atoms with Crippen molar-refractivity contribution < 1.29 is 0 Å². The molecule has 0 aliphatic heterocycles. The Morgan fingerprint density at radius 3 is 2.39 bits per heavy atom. The molecule has 0 fully saturated rings. The van der Waals surface area contributed by atoms with E-state index in [9.17, 15) is 0 Å². The number of aromatic nitrogens is 2. The summed E-state index contributed by atoms with van der Waals surface area (Å²) in [4.78, 5) is 9.13. The third kappa shape index (κ3) is 4.17. The van der Waals surface area contributed by atoms with Gasteiger partial charge in [0.2, 0.25) is 0 Å². The van der Waals surface area contributed by atoms with Crippen molar-refractivity contribution in [2.24, 2.45) is 5.92 Å². The normalized spacial score (nSPS) is 10.8. The maximum absolute atomic E-state index is 4.61. The van der Waals surface area contributed by atoms with E-state index in [0.717, 1.165) is 48.8 Å². The minimum absolute atomic E-state index is 0.707. The Labute approximate surface area is 111 Å². The Kier molecular flexibility index (Phi) is 5.89. The second-order valence-corrected chi connectivity index (χ2v) is 5.07. The van der Waals surface area contributed by atoms with Crippen molar-refractivity contribution in [1.29, 1.82) is 0 Å². The summed E-state index contributed by atoms with van der Waals surface area (Å²) in [5, 5.41) is 6.57. The summed E-state index contributed by atoms with van der Waals surface area (Å²) in [5.74, 6) is 3.52. The fourth-order valence-corrected chi connectivity index (χ4v) is 1.79. The van der Waals surface area contributed by atoms with Gasteiger partial charge in [-0.1, -0.05) is 20.8 Å². The van der Waals surface area contributed by atoms with Crippen LogP contribution in [-0.4, -0.2) is 23.6 Å². The molecule has 0 bridgehead atoms. The van der Waals surface area contributed by atoms with Gasteiger partial charge in [0.1, 0.15) is 17.5 Å². The molecule has 0 amide bonds. The maximum Gasteiger partial charge on any atom is 0.134 e. The van der Waals surface area contributed by atoms with Crippen molar-refractivity contribution in [3.63, 3.8) is 0 Å². The van der Waals surface area contributed by atoms with Gasteiger partial charge >= 0.3 is 0 Å². The van der Waals surface area contributed by atoms with Gasteiger partial charge in [-0.2, -0.15) is 0 Å². The average Bonchev–Trinajstić information content (AvgIpc) is 2.32. The van der Waals surface area contributed by atoms with E-state index >= 15 is 0 Å². The zero-order valence-corrected chi connectivity index (χ0v) is 12.3. The number of rotatable bonds is 7. The van der Waals surface area contributed by atoms with E-state index in [1.807, 2.05) is 7.05 Å². The highest BCUT2D eigenvalue weighted by Gasteiger charge is 2.09. The standard InChI is InChI=1S/C14H26N4/c1-6-7-12-17-13(15-5)11(4)14(18-12)16-9-8-10(2)3/h10H,6-9H2,1-5H3,(H2,15,16,17,18). The van der Waals surface area contributed by atoms with E-state index in [2.05, 4.69) is 48.3 Å². The summed E-state index contributed by atoms with van der Waals surface area (Å²) in [6, 6.07) is 0. The minimum Gasteiger partial charge on any atom is -0.373 e. The number of nitrogens with one attached hydrogen (secondary N) is 2. The fourth-order valence-electron chi connectivity index (χ4n) is 1.79. The van der Waals surface area contributed by atoms with Gasteiger partial charge in [0.05, 0.1) is 0 Å². The molecule has 0 unspecified atom stereocenters. The average molecular weight is 250 g/mol. The van der Waals surface area contributed by atoms with Crippen LogP contribution in [0.5, 0.6) is 0 Å². The molecule has 1 aromatic rings. The van der Waals surface area contributed by atoms with Gasteiger partial charge in [-0.3, -0.25) is 0 Å². The highest BCUT2D eigenvalue weighted by molar-refractivity contribution is 5.56. The molecule has 0 radical (unpaired) electrons. The number of anilines is 2. The van der Waals surface area contributed by atoms with Crippen LogP contribution in [0.3, 0.4) is 0 Å². The molecule has 1 rings (SSSR count). The SMILES string of the molecule is CCCc1nc(NC)c(C)c(NCCC(C)C)n1. The molecular formula is C14H26N4. The molecule has 0 spiro atoms. The predicted molar refractivity (Wildman–Crippen MR) is 78.3 cm³/mol. The Morgan fingerprint density at radius 1 is 1.17 bits per heavy atom. The first-order valence-electron chi connectivity index (χ1n) is 6.87. The van der Waals surface area contributed by atoms with Crippen molar-refractivity contribution in [2.45, 2.75) is 47.0 Å². The second kappa shape index (κ2) is 7.19. The summed E-state index contributed by atoms with van der Waals surface area (Å²) < 4.78 is 0. The highest BCUT2D eigenvalue weighted by atomic mass is 15.1. The molecule has 0 atom stereocenters. The van der Waals surface area contributed by atoms with Crippen LogP contribution < -0.4 is 10.6 Å². The number of hydrogen-bond donors (Lipinski definition) is 2. The molecule has 1 heterocycles. The fraction of sp³-hybridized carbons (Fsp3) is 0.714. The van der Waals surface area contributed by atoms with Crippen LogP contribution in [0.25, 0.3) is 0 Å². The molecule has 102 valence electrons. The van der Waals surface area contributed by atoms with Crippen LogP contribution in [0.1, 0.15) is 45.0 Å². The van der Waals surface area contributed by atoms with Crippen molar-refractivity contribution >= 4 is 11.6 Å². The van der Waals surface area contributed by atoms with Crippen LogP contribution in [-0.2, 0) is 6.42 Å². The second-order valence-electron chi connectivity index (χ2n) is 5.07. The van der Waals surface area contributed by atoms with Crippen LogP contribution in [0.4, 0.5) is 11.6 Å². The minimum atomic E-state index is 0.707. The van der Waals surface area contributed by atoms with Gasteiger partial charge in [0.25, 0.3) is 0 Å². The Bertz CT molecular complexity index is 374. The summed E-state index contributed by atoms with van der Waals surface area (Å²) >= 11 is 0. The monoisotopic (exact) mass is 250 g/mol. The lowest BCUT2D eigenvalue weighted by molar-refractivity contribution is 0.606. The third-order valence-corrected chi connectivity index (χ3v) is 2.92. The third-order valence-electron chi connectivity index (χ3n) is 2.92. The van der Waals surface area contributed by atoms with E-state index in [4.69, 9.17) is 0 Å². The lowest BCUT2D eigenvalue weighted by Gasteiger charge is -2.14. The molecule has 0 aliphatic rings. The quantitative estimate of drug-likeness (QED) is 0.780. The van der Waals surface area contributed by atoms with E-state index in [0.29, 0.717) is 5.92 Å². The number of aryl methyl sites for hydroxylation is 1. The van der Waals surface area contributed by atoms with E-state index in [1.165, 1.54) is 0 Å². The Morgan fingerprint density at radius 2 is 1.83 bits per heavy atom.